The molecular weight excluding hydrogens is 168 g/mol. The predicted octanol–water partition coefficient (Wildman–Crippen LogP) is 2.63. The van der Waals surface area contributed by atoms with E-state index in [9.17, 15) is 0 Å². The van der Waals surface area contributed by atoms with Crippen molar-refractivity contribution in [2.45, 2.75) is 6.92 Å². The Bertz CT molecular complexity index is 368. The van der Waals surface area contributed by atoms with Crippen LogP contribution in [0.15, 0.2) is 13.2 Å². The Kier molecular flexibility index (Phi) is 2.41. The van der Waals surface area contributed by atoms with Crippen LogP contribution in [-0.4, -0.2) is 4.98 Å². The zero-order valence-corrected chi connectivity index (χ0v) is 7.61. The second-order valence-corrected chi connectivity index (χ2v) is 3.47. The molecule has 1 aromatic heterocycles. The van der Waals surface area contributed by atoms with Crippen molar-refractivity contribution < 1.29 is 0 Å². The second kappa shape index (κ2) is 3.33. The SMILES string of the molecule is C=Cc1sc(C)nc1C(=C)C#N. The zero-order chi connectivity index (χ0) is 9.14. The highest BCUT2D eigenvalue weighted by atomic mass is 32.1. The first-order valence-electron chi connectivity index (χ1n) is 3.38. The van der Waals surface area contributed by atoms with Crippen LogP contribution in [0.3, 0.4) is 0 Å². The molecule has 0 radical (unpaired) electrons. The highest BCUT2D eigenvalue weighted by Gasteiger charge is 2.08. The van der Waals surface area contributed by atoms with Crippen molar-refractivity contribution >= 4 is 23.0 Å². The summed E-state index contributed by atoms with van der Waals surface area (Å²) >= 11 is 1.52. The minimum atomic E-state index is 0.397. The molecule has 0 fully saturated rings. The summed E-state index contributed by atoms with van der Waals surface area (Å²) < 4.78 is 0. The van der Waals surface area contributed by atoms with E-state index in [1.165, 1.54) is 11.3 Å². The third kappa shape index (κ3) is 1.44. The van der Waals surface area contributed by atoms with E-state index in [0.717, 1.165) is 9.88 Å². The van der Waals surface area contributed by atoms with Crippen LogP contribution in [-0.2, 0) is 0 Å². The van der Waals surface area contributed by atoms with Crippen LogP contribution in [0.25, 0.3) is 11.6 Å². The van der Waals surface area contributed by atoms with E-state index in [4.69, 9.17) is 5.26 Å². The molecule has 1 heterocycles. The Morgan fingerprint density at radius 1 is 1.75 bits per heavy atom. The largest absolute Gasteiger partial charge is 0.240 e. The van der Waals surface area contributed by atoms with E-state index in [1.807, 2.05) is 13.0 Å². The number of hydrogen-bond donors (Lipinski definition) is 0. The summed E-state index contributed by atoms with van der Waals surface area (Å²) in [5, 5.41) is 9.53. The van der Waals surface area contributed by atoms with Gasteiger partial charge in [0.25, 0.3) is 0 Å². The molecule has 0 aliphatic rings. The molecule has 0 aliphatic heterocycles. The molecule has 3 heteroatoms. The van der Waals surface area contributed by atoms with Crippen LogP contribution >= 0.6 is 11.3 Å². The molecule has 0 spiro atoms. The van der Waals surface area contributed by atoms with Gasteiger partial charge in [-0.1, -0.05) is 13.2 Å². The van der Waals surface area contributed by atoms with Crippen LogP contribution in [0.2, 0.25) is 0 Å². The first-order valence-corrected chi connectivity index (χ1v) is 4.20. The Balaban J connectivity index is 3.24. The first-order chi connectivity index (χ1) is 5.69. The van der Waals surface area contributed by atoms with E-state index < -0.39 is 0 Å². The van der Waals surface area contributed by atoms with Gasteiger partial charge in [0.15, 0.2) is 0 Å². The molecule has 1 aromatic rings. The number of thiazole rings is 1. The van der Waals surface area contributed by atoms with Gasteiger partial charge in [0, 0.05) is 0 Å². The first kappa shape index (κ1) is 8.69. The number of nitrogens with zero attached hydrogens (tertiary/aromatic N) is 2. The van der Waals surface area contributed by atoms with Crippen molar-refractivity contribution in [3.63, 3.8) is 0 Å². The Morgan fingerprint density at radius 3 is 2.92 bits per heavy atom. The van der Waals surface area contributed by atoms with E-state index in [-0.39, 0.29) is 0 Å². The molecule has 0 aliphatic carbocycles. The maximum Gasteiger partial charge on any atom is 0.101 e. The fourth-order valence-electron chi connectivity index (χ4n) is 0.850. The molecule has 0 unspecified atom stereocenters. The van der Waals surface area contributed by atoms with Crippen molar-refractivity contribution in [1.82, 2.24) is 4.98 Å². The molecule has 0 saturated carbocycles. The average molecular weight is 176 g/mol. The molecule has 60 valence electrons. The minimum absolute atomic E-state index is 0.397. The summed E-state index contributed by atoms with van der Waals surface area (Å²) in [6, 6.07) is 1.97. The third-order valence-electron chi connectivity index (χ3n) is 1.37. The monoisotopic (exact) mass is 176 g/mol. The molecule has 1 rings (SSSR count). The van der Waals surface area contributed by atoms with Crippen molar-refractivity contribution in [2.75, 3.05) is 0 Å². The van der Waals surface area contributed by atoms with Gasteiger partial charge in [-0.15, -0.1) is 11.3 Å². The smallest absolute Gasteiger partial charge is 0.101 e. The lowest BCUT2D eigenvalue weighted by Gasteiger charge is -1.90. The maximum absolute atomic E-state index is 8.60. The number of aromatic nitrogens is 1. The van der Waals surface area contributed by atoms with Crippen LogP contribution in [0.1, 0.15) is 15.6 Å². The van der Waals surface area contributed by atoms with Gasteiger partial charge in [-0.3, -0.25) is 0 Å². The van der Waals surface area contributed by atoms with Crippen LogP contribution in [0.4, 0.5) is 0 Å². The number of hydrogen-bond acceptors (Lipinski definition) is 3. The number of rotatable bonds is 2. The number of nitriles is 1. The highest BCUT2D eigenvalue weighted by Crippen LogP contribution is 2.23. The zero-order valence-electron chi connectivity index (χ0n) is 6.79. The van der Waals surface area contributed by atoms with Gasteiger partial charge in [-0.05, 0) is 13.0 Å². The van der Waals surface area contributed by atoms with Gasteiger partial charge in [0.05, 0.1) is 21.2 Å². The minimum Gasteiger partial charge on any atom is -0.240 e. The standard InChI is InChI=1S/C9H8N2S/c1-4-8-9(6(2)5-10)11-7(3)12-8/h4H,1-2H2,3H3. The lowest BCUT2D eigenvalue weighted by atomic mass is 10.2. The lowest BCUT2D eigenvalue weighted by molar-refractivity contribution is 1.26. The quantitative estimate of drug-likeness (QED) is 0.649. The molecule has 0 saturated heterocycles. The van der Waals surface area contributed by atoms with E-state index >= 15 is 0 Å². The fourth-order valence-corrected chi connectivity index (χ4v) is 1.65. The summed E-state index contributed by atoms with van der Waals surface area (Å²) in [5.41, 5.74) is 1.06. The van der Waals surface area contributed by atoms with E-state index in [1.54, 1.807) is 6.08 Å². The van der Waals surface area contributed by atoms with Gasteiger partial charge in [0.1, 0.15) is 6.07 Å². The molecule has 0 atom stereocenters. The lowest BCUT2D eigenvalue weighted by Crippen LogP contribution is -1.82. The Labute approximate surface area is 75.5 Å². The summed E-state index contributed by atoms with van der Waals surface area (Å²) in [4.78, 5) is 5.09. The highest BCUT2D eigenvalue weighted by molar-refractivity contribution is 7.12. The van der Waals surface area contributed by atoms with Crippen molar-refractivity contribution in [3.8, 4) is 6.07 Å². The molecule has 2 nitrogen and oxygen atoms in total. The van der Waals surface area contributed by atoms with Crippen molar-refractivity contribution in [3.05, 3.63) is 28.7 Å². The molecule has 0 aromatic carbocycles. The molecule has 0 bridgehead atoms. The van der Waals surface area contributed by atoms with Crippen LogP contribution in [0.5, 0.6) is 0 Å². The number of aryl methyl sites for hydroxylation is 1. The Morgan fingerprint density at radius 2 is 2.42 bits per heavy atom. The number of allylic oxidation sites excluding steroid dienone is 1. The third-order valence-corrected chi connectivity index (χ3v) is 2.33. The summed E-state index contributed by atoms with van der Waals surface area (Å²) in [6.45, 7) is 9.14. The van der Waals surface area contributed by atoms with Crippen LogP contribution in [0, 0.1) is 18.3 Å². The van der Waals surface area contributed by atoms with Crippen molar-refractivity contribution in [2.24, 2.45) is 0 Å². The van der Waals surface area contributed by atoms with E-state index in [0.29, 0.717) is 11.3 Å². The van der Waals surface area contributed by atoms with Crippen molar-refractivity contribution in [1.29, 1.82) is 5.26 Å². The van der Waals surface area contributed by atoms with Gasteiger partial charge in [-0.25, -0.2) is 4.98 Å². The van der Waals surface area contributed by atoms with Gasteiger partial charge < -0.3 is 0 Å². The second-order valence-electron chi connectivity index (χ2n) is 2.24. The summed E-state index contributed by atoms with van der Waals surface area (Å²) in [6.07, 6.45) is 1.70. The maximum atomic E-state index is 8.60. The predicted molar refractivity (Wildman–Crippen MR) is 51.6 cm³/mol. The Hall–Kier alpha value is -1.40. The topological polar surface area (TPSA) is 36.7 Å². The van der Waals surface area contributed by atoms with Crippen LogP contribution < -0.4 is 0 Å². The average Bonchev–Trinajstić information content (AvgIpc) is 2.45. The van der Waals surface area contributed by atoms with Gasteiger partial charge in [0.2, 0.25) is 0 Å². The molecular formula is C9H8N2S. The molecule has 12 heavy (non-hydrogen) atoms. The van der Waals surface area contributed by atoms with Gasteiger partial charge in [-0.2, -0.15) is 5.26 Å². The normalized spacial score (nSPS) is 9.00. The summed E-state index contributed by atoms with van der Waals surface area (Å²) in [5.74, 6) is 0. The van der Waals surface area contributed by atoms with Gasteiger partial charge >= 0.3 is 0 Å². The fraction of sp³-hybridized carbons (Fsp3) is 0.111. The molecule has 0 amide bonds. The molecule has 0 N–H and O–H groups in total. The van der Waals surface area contributed by atoms with E-state index in [2.05, 4.69) is 18.1 Å². The summed E-state index contributed by atoms with van der Waals surface area (Å²) in [7, 11) is 0.